The summed E-state index contributed by atoms with van der Waals surface area (Å²) in [6, 6.07) is 16.3. The first kappa shape index (κ1) is 20.7. The largest absolute Gasteiger partial charge is 0.372 e. The first-order valence-corrected chi connectivity index (χ1v) is 11.4. The first-order valence-electron chi connectivity index (χ1n) is 11.0. The maximum absolute atomic E-state index is 12.6. The van der Waals surface area contributed by atoms with Crippen LogP contribution in [0, 0.1) is 0 Å². The Morgan fingerprint density at radius 3 is 2.13 bits per heavy atom. The van der Waals surface area contributed by atoms with Crippen molar-refractivity contribution in [2.24, 2.45) is 0 Å². The summed E-state index contributed by atoms with van der Waals surface area (Å²) in [6.07, 6.45) is 6.01. The standard InChI is InChI=1S/C24H30N4OS/c29-23(28-16-2-1-3-17-28)20-8-10-21(11-9-20)26-24(30)25-18-19-6-12-22(13-7-19)27-14-4-5-15-27/h6-13H,1-5,14-18H2,(H2,25,26,30). The predicted octanol–water partition coefficient (Wildman–Crippen LogP) is 4.40. The molecule has 2 heterocycles. The van der Waals surface area contributed by atoms with Crippen molar-refractivity contribution in [3.05, 3.63) is 59.7 Å². The van der Waals surface area contributed by atoms with Crippen molar-refractivity contribution in [3.63, 3.8) is 0 Å². The molecule has 2 fully saturated rings. The molecule has 2 aliphatic rings. The highest BCUT2D eigenvalue weighted by molar-refractivity contribution is 7.80. The fourth-order valence-electron chi connectivity index (χ4n) is 4.13. The number of rotatable bonds is 5. The van der Waals surface area contributed by atoms with Crippen molar-refractivity contribution in [1.82, 2.24) is 10.2 Å². The summed E-state index contributed by atoms with van der Waals surface area (Å²) in [7, 11) is 0. The third kappa shape index (κ3) is 5.30. The quantitative estimate of drug-likeness (QED) is 0.700. The normalized spacial score (nSPS) is 16.4. The van der Waals surface area contributed by atoms with Crippen LogP contribution < -0.4 is 15.5 Å². The van der Waals surface area contributed by atoms with Gasteiger partial charge in [-0.3, -0.25) is 4.79 Å². The van der Waals surface area contributed by atoms with Gasteiger partial charge in [0.15, 0.2) is 5.11 Å². The lowest BCUT2D eigenvalue weighted by Gasteiger charge is -2.26. The number of nitrogens with zero attached hydrogens (tertiary/aromatic N) is 2. The second-order valence-corrected chi connectivity index (χ2v) is 8.51. The zero-order valence-electron chi connectivity index (χ0n) is 17.4. The predicted molar refractivity (Wildman–Crippen MR) is 127 cm³/mol. The van der Waals surface area contributed by atoms with Gasteiger partial charge in [0, 0.05) is 49.7 Å². The third-order valence-electron chi connectivity index (χ3n) is 5.89. The average molecular weight is 423 g/mol. The highest BCUT2D eigenvalue weighted by atomic mass is 32.1. The van der Waals surface area contributed by atoms with Gasteiger partial charge in [-0.15, -0.1) is 0 Å². The Balaban J connectivity index is 1.25. The summed E-state index contributed by atoms with van der Waals surface area (Å²) in [6.45, 7) is 4.73. The molecule has 4 rings (SSSR count). The third-order valence-corrected chi connectivity index (χ3v) is 6.14. The van der Waals surface area contributed by atoms with Gasteiger partial charge < -0.3 is 20.4 Å². The molecule has 2 aromatic rings. The number of piperidine rings is 1. The Bertz CT molecular complexity index is 854. The smallest absolute Gasteiger partial charge is 0.253 e. The van der Waals surface area contributed by atoms with E-state index in [0.29, 0.717) is 11.7 Å². The van der Waals surface area contributed by atoms with E-state index >= 15 is 0 Å². The molecule has 0 atom stereocenters. The number of anilines is 2. The Labute approximate surface area is 184 Å². The van der Waals surface area contributed by atoms with Crippen LogP contribution in [-0.4, -0.2) is 42.1 Å². The van der Waals surface area contributed by atoms with Crippen LogP contribution in [0.15, 0.2) is 48.5 Å². The molecule has 0 aliphatic carbocycles. The van der Waals surface area contributed by atoms with Gasteiger partial charge in [0.1, 0.15) is 0 Å². The zero-order chi connectivity index (χ0) is 20.8. The summed E-state index contributed by atoms with van der Waals surface area (Å²) < 4.78 is 0. The minimum Gasteiger partial charge on any atom is -0.372 e. The Kier molecular flexibility index (Phi) is 6.84. The van der Waals surface area contributed by atoms with E-state index in [1.54, 1.807) is 0 Å². The van der Waals surface area contributed by atoms with E-state index in [-0.39, 0.29) is 5.91 Å². The molecule has 1 amide bonds. The van der Waals surface area contributed by atoms with Gasteiger partial charge in [-0.2, -0.15) is 0 Å². The van der Waals surface area contributed by atoms with Crippen LogP contribution in [-0.2, 0) is 6.54 Å². The van der Waals surface area contributed by atoms with Crippen LogP contribution in [0.2, 0.25) is 0 Å². The van der Waals surface area contributed by atoms with E-state index in [0.717, 1.165) is 50.3 Å². The van der Waals surface area contributed by atoms with Crippen molar-refractivity contribution < 1.29 is 4.79 Å². The van der Waals surface area contributed by atoms with E-state index in [1.165, 1.54) is 30.5 Å². The van der Waals surface area contributed by atoms with Gasteiger partial charge in [0.25, 0.3) is 5.91 Å². The molecule has 158 valence electrons. The fraction of sp³-hybridized carbons (Fsp3) is 0.417. The molecule has 0 aromatic heterocycles. The molecule has 0 saturated carbocycles. The van der Waals surface area contributed by atoms with Crippen LogP contribution in [0.3, 0.4) is 0 Å². The van der Waals surface area contributed by atoms with Gasteiger partial charge in [-0.05, 0) is 86.3 Å². The van der Waals surface area contributed by atoms with Gasteiger partial charge in [-0.1, -0.05) is 12.1 Å². The molecule has 2 aromatic carbocycles. The van der Waals surface area contributed by atoms with Crippen molar-refractivity contribution in [2.45, 2.75) is 38.6 Å². The lowest BCUT2D eigenvalue weighted by Crippen LogP contribution is -2.35. The second kappa shape index (κ2) is 9.94. The number of benzene rings is 2. The number of carbonyl (C=O) groups excluding carboxylic acids is 1. The zero-order valence-corrected chi connectivity index (χ0v) is 18.2. The molecular weight excluding hydrogens is 392 g/mol. The maximum atomic E-state index is 12.6. The molecule has 5 nitrogen and oxygen atoms in total. The molecule has 6 heteroatoms. The highest BCUT2D eigenvalue weighted by Crippen LogP contribution is 2.20. The van der Waals surface area contributed by atoms with E-state index in [1.807, 2.05) is 29.2 Å². The van der Waals surface area contributed by atoms with E-state index in [4.69, 9.17) is 12.2 Å². The molecule has 0 bridgehead atoms. The molecule has 2 N–H and O–H groups in total. The van der Waals surface area contributed by atoms with Gasteiger partial charge >= 0.3 is 0 Å². The van der Waals surface area contributed by atoms with Gasteiger partial charge in [0.2, 0.25) is 0 Å². The summed E-state index contributed by atoms with van der Waals surface area (Å²) in [5, 5.41) is 7.04. The first-order chi connectivity index (χ1) is 14.7. The summed E-state index contributed by atoms with van der Waals surface area (Å²) in [5.74, 6) is 0.124. The number of hydrogen-bond acceptors (Lipinski definition) is 3. The number of amides is 1. The van der Waals surface area contributed by atoms with Crippen LogP contribution >= 0.6 is 12.2 Å². The Morgan fingerprint density at radius 2 is 1.47 bits per heavy atom. The Hall–Kier alpha value is -2.60. The molecule has 0 unspecified atom stereocenters. The van der Waals surface area contributed by atoms with Gasteiger partial charge in [-0.25, -0.2) is 0 Å². The lowest BCUT2D eigenvalue weighted by molar-refractivity contribution is 0.0724. The number of likely N-dealkylation sites (tertiary alicyclic amines) is 1. The SMILES string of the molecule is O=C(c1ccc(NC(=S)NCc2ccc(N3CCCC3)cc2)cc1)N1CCCCC1. The average Bonchev–Trinajstić information content (AvgIpc) is 3.34. The minimum atomic E-state index is 0.124. The van der Waals surface area contributed by atoms with E-state index in [2.05, 4.69) is 39.8 Å². The van der Waals surface area contributed by atoms with Crippen molar-refractivity contribution in [2.75, 3.05) is 36.4 Å². The highest BCUT2D eigenvalue weighted by Gasteiger charge is 2.18. The van der Waals surface area contributed by atoms with Crippen LogP contribution in [0.4, 0.5) is 11.4 Å². The van der Waals surface area contributed by atoms with Crippen LogP contribution in [0.25, 0.3) is 0 Å². The number of nitrogens with one attached hydrogen (secondary N) is 2. The van der Waals surface area contributed by atoms with Crippen molar-refractivity contribution in [1.29, 1.82) is 0 Å². The van der Waals surface area contributed by atoms with E-state index in [9.17, 15) is 4.79 Å². The summed E-state index contributed by atoms with van der Waals surface area (Å²) >= 11 is 5.43. The number of hydrogen-bond donors (Lipinski definition) is 2. The van der Waals surface area contributed by atoms with Gasteiger partial charge in [0.05, 0.1) is 0 Å². The molecule has 30 heavy (non-hydrogen) atoms. The van der Waals surface area contributed by atoms with E-state index < -0.39 is 0 Å². The second-order valence-electron chi connectivity index (χ2n) is 8.10. The van der Waals surface area contributed by atoms with Crippen molar-refractivity contribution >= 4 is 34.6 Å². The monoisotopic (exact) mass is 422 g/mol. The number of carbonyl (C=O) groups is 1. The maximum Gasteiger partial charge on any atom is 0.253 e. The Morgan fingerprint density at radius 1 is 0.833 bits per heavy atom. The minimum absolute atomic E-state index is 0.124. The molecule has 0 spiro atoms. The van der Waals surface area contributed by atoms with Crippen molar-refractivity contribution in [3.8, 4) is 0 Å². The fourth-order valence-corrected chi connectivity index (χ4v) is 4.32. The summed E-state index contributed by atoms with van der Waals surface area (Å²) in [5.41, 5.74) is 4.12. The molecule has 0 radical (unpaired) electrons. The summed E-state index contributed by atoms with van der Waals surface area (Å²) in [4.78, 5) is 17.0. The molecule has 2 aliphatic heterocycles. The molecular formula is C24H30N4OS. The lowest BCUT2D eigenvalue weighted by atomic mass is 10.1. The van der Waals surface area contributed by atoms with Crippen LogP contribution in [0.5, 0.6) is 0 Å². The topological polar surface area (TPSA) is 47.6 Å². The van der Waals surface area contributed by atoms with Crippen LogP contribution in [0.1, 0.15) is 48.0 Å². The molecule has 2 saturated heterocycles. The number of thiocarbonyl (C=S) groups is 1.